The number of benzene rings is 1. The van der Waals surface area contributed by atoms with Gasteiger partial charge in [-0.2, -0.15) is 0 Å². The molecule has 0 spiro atoms. The number of aryl methyl sites for hydroxylation is 1. The molecular weight excluding hydrogens is 280 g/mol. The first kappa shape index (κ1) is 14.1. The van der Waals surface area contributed by atoms with Crippen LogP contribution in [0.3, 0.4) is 0 Å². The number of amides is 1. The lowest BCUT2D eigenvalue weighted by molar-refractivity contribution is 0.0698. The number of carboxylic acids is 1. The molecule has 0 aliphatic heterocycles. The van der Waals surface area contributed by atoms with Crippen molar-refractivity contribution in [3.8, 4) is 0 Å². The zero-order valence-electron chi connectivity index (χ0n) is 11.0. The molecule has 1 aromatic carbocycles. The highest BCUT2D eigenvalue weighted by Gasteiger charge is 2.16. The molecule has 0 saturated heterocycles. The number of halogens is 1. The number of aromatic carboxylic acids is 1. The Balaban J connectivity index is 2.33. The zero-order valence-corrected chi connectivity index (χ0v) is 11.7. The van der Waals surface area contributed by atoms with Gasteiger partial charge in [-0.1, -0.05) is 11.6 Å². The van der Waals surface area contributed by atoms with E-state index in [-0.39, 0.29) is 17.2 Å². The Bertz CT molecular complexity index is 692. The molecule has 104 valence electrons. The number of rotatable bonds is 3. The second-order valence-electron chi connectivity index (χ2n) is 4.37. The van der Waals surface area contributed by atoms with Crippen LogP contribution in [-0.2, 0) is 7.05 Å². The molecule has 2 aromatic rings. The Morgan fingerprint density at radius 2 is 1.95 bits per heavy atom. The quantitative estimate of drug-likeness (QED) is 0.913. The van der Waals surface area contributed by atoms with Crippen LogP contribution in [0.4, 0.5) is 5.69 Å². The topological polar surface area (TPSA) is 71.3 Å². The molecule has 0 aliphatic carbocycles. The fourth-order valence-corrected chi connectivity index (χ4v) is 2.00. The van der Waals surface area contributed by atoms with Gasteiger partial charge >= 0.3 is 5.97 Å². The lowest BCUT2D eigenvalue weighted by Crippen LogP contribution is -2.18. The smallest absolute Gasteiger partial charge is 0.337 e. The lowest BCUT2D eigenvalue weighted by Gasteiger charge is -2.10. The summed E-state index contributed by atoms with van der Waals surface area (Å²) < 4.78 is 1.73. The molecule has 0 radical (unpaired) electrons. The molecule has 0 aliphatic rings. The summed E-state index contributed by atoms with van der Waals surface area (Å²) in [7, 11) is 1.77. The number of carbonyl (C=O) groups excluding carboxylic acids is 1. The molecule has 0 fully saturated rings. The van der Waals surface area contributed by atoms with Crippen molar-refractivity contribution in [3.05, 3.63) is 52.3 Å². The average Bonchev–Trinajstić information content (AvgIpc) is 2.72. The molecule has 0 unspecified atom stereocenters. The Morgan fingerprint density at radius 1 is 1.25 bits per heavy atom. The van der Waals surface area contributed by atoms with Crippen LogP contribution < -0.4 is 5.32 Å². The molecule has 5 nitrogen and oxygen atoms in total. The van der Waals surface area contributed by atoms with Gasteiger partial charge in [0.25, 0.3) is 5.91 Å². The van der Waals surface area contributed by atoms with Gasteiger partial charge in [-0.25, -0.2) is 4.79 Å². The van der Waals surface area contributed by atoms with E-state index in [4.69, 9.17) is 16.7 Å². The number of nitrogens with one attached hydrogen (secondary N) is 1. The molecule has 1 heterocycles. The van der Waals surface area contributed by atoms with E-state index in [1.807, 2.05) is 13.0 Å². The van der Waals surface area contributed by atoms with Gasteiger partial charge in [0.1, 0.15) is 5.69 Å². The van der Waals surface area contributed by atoms with Gasteiger partial charge in [0.2, 0.25) is 0 Å². The molecule has 6 heteroatoms. The van der Waals surface area contributed by atoms with Crippen molar-refractivity contribution >= 4 is 29.2 Å². The highest BCUT2D eigenvalue weighted by Crippen LogP contribution is 2.21. The van der Waals surface area contributed by atoms with E-state index in [2.05, 4.69) is 5.32 Å². The highest BCUT2D eigenvalue weighted by atomic mass is 35.5. The fourth-order valence-electron chi connectivity index (χ4n) is 1.83. The molecule has 2 rings (SSSR count). The Hall–Kier alpha value is -2.27. The Morgan fingerprint density at radius 3 is 2.50 bits per heavy atom. The molecule has 0 bridgehead atoms. The number of carbonyl (C=O) groups is 2. The van der Waals surface area contributed by atoms with E-state index in [1.165, 1.54) is 18.2 Å². The third-order valence-corrected chi connectivity index (χ3v) is 3.30. The SMILES string of the molecule is Cc1ccc(C(=O)Nc2ccc(Cl)cc2C(=O)O)n1C. The molecule has 1 aromatic heterocycles. The van der Waals surface area contributed by atoms with Crippen molar-refractivity contribution in [2.45, 2.75) is 6.92 Å². The third kappa shape index (κ3) is 2.67. The number of anilines is 1. The van der Waals surface area contributed by atoms with Gasteiger partial charge in [-0.15, -0.1) is 0 Å². The van der Waals surface area contributed by atoms with Crippen molar-refractivity contribution in [2.24, 2.45) is 7.05 Å². The van der Waals surface area contributed by atoms with Crippen LogP contribution in [0.25, 0.3) is 0 Å². The maximum Gasteiger partial charge on any atom is 0.337 e. The van der Waals surface area contributed by atoms with E-state index in [1.54, 1.807) is 17.7 Å². The minimum atomic E-state index is -1.15. The van der Waals surface area contributed by atoms with Crippen molar-refractivity contribution in [3.63, 3.8) is 0 Å². The molecule has 0 saturated carbocycles. The van der Waals surface area contributed by atoms with Crippen molar-refractivity contribution in [1.82, 2.24) is 4.57 Å². The first-order chi connectivity index (χ1) is 9.40. The van der Waals surface area contributed by atoms with Crippen LogP contribution in [-0.4, -0.2) is 21.6 Å². The maximum atomic E-state index is 12.2. The van der Waals surface area contributed by atoms with E-state index >= 15 is 0 Å². The standard InChI is InChI=1S/C14H13ClN2O3/c1-8-3-6-12(17(8)2)13(18)16-11-5-4-9(15)7-10(11)14(19)20/h3-7H,1-2H3,(H,16,18)(H,19,20). The summed E-state index contributed by atoms with van der Waals surface area (Å²) >= 11 is 5.76. The molecule has 0 atom stereocenters. The van der Waals surface area contributed by atoms with Crippen LogP contribution in [0.5, 0.6) is 0 Å². The summed E-state index contributed by atoms with van der Waals surface area (Å²) in [5.41, 5.74) is 1.56. The Kier molecular flexibility index (Phi) is 3.81. The van der Waals surface area contributed by atoms with Gasteiger partial charge in [0, 0.05) is 17.8 Å². The summed E-state index contributed by atoms with van der Waals surface area (Å²) in [5.74, 6) is -1.52. The third-order valence-electron chi connectivity index (χ3n) is 3.07. The lowest BCUT2D eigenvalue weighted by atomic mass is 10.1. The largest absolute Gasteiger partial charge is 0.478 e. The van der Waals surface area contributed by atoms with Gasteiger partial charge in [0.15, 0.2) is 0 Å². The monoisotopic (exact) mass is 292 g/mol. The highest BCUT2D eigenvalue weighted by molar-refractivity contribution is 6.31. The van der Waals surface area contributed by atoms with Gasteiger partial charge in [0.05, 0.1) is 11.3 Å². The van der Waals surface area contributed by atoms with Crippen LogP contribution in [0, 0.1) is 6.92 Å². The number of aromatic nitrogens is 1. The Labute approximate surface area is 120 Å². The van der Waals surface area contributed by atoms with Crippen LogP contribution in [0.15, 0.2) is 30.3 Å². The summed E-state index contributed by atoms with van der Waals surface area (Å²) in [4.78, 5) is 23.3. The summed E-state index contributed by atoms with van der Waals surface area (Å²) in [5, 5.41) is 12.0. The van der Waals surface area contributed by atoms with Gasteiger partial charge in [-0.05, 0) is 37.3 Å². The fraction of sp³-hybridized carbons (Fsp3) is 0.143. The molecule has 20 heavy (non-hydrogen) atoms. The zero-order chi connectivity index (χ0) is 14.9. The van der Waals surface area contributed by atoms with Gasteiger partial charge < -0.3 is 15.0 Å². The second kappa shape index (κ2) is 5.38. The number of hydrogen-bond donors (Lipinski definition) is 2. The number of nitrogens with zero attached hydrogens (tertiary/aromatic N) is 1. The maximum absolute atomic E-state index is 12.2. The van der Waals surface area contributed by atoms with Crippen molar-refractivity contribution < 1.29 is 14.7 Å². The van der Waals surface area contributed by atoms with Crippen molar-refractivity contribution in [1.29, 1.82) is 0 Å². The van der Waals surface area contributed by atoms with Crippen LogP contribution in [0.2, 0.25) is 5.02 Å². The van der Waals surface area contributed by atoms with Crippen molar-refractivity contribution in [2.75, 3.05) is 5.32 Å². The van der Waals surface area contributed by atoms with Crippen LogP contribution >= 0.6 is 11.6 Å². The first-order valence-electron chi connectivity index (χ1n) is 5.86. The van der Waals surface area contributed by atoms with E-state index in [0.717, 1.165) is 5.69 Å². The minimum Gasteiger partial charge on any atom is -0.478 e. The predicted octanol–water partition coefficient (Wildman–Crippen LogP) is 2.94. The van der Waals surface area contributed by atoms with E-state index < -0.39 is 5.97 Å². The summed E-state index contributed by atoms with van der Waals surface area (Å²) in [6, 6.07) is 7.80. The summed E-state index contributed by atoms with van der Waals surface area (Å²) in [6.45, 7) is 1.88. The molecular formula is C14H13ClN2O3. The van der Waals surface area contributed by atoms with E-state index in [9.17, 15) is 9.59 Å². The number of hydrogen-bond acceptors (Lipinski definition) is 2. The van der Waals surface area contributed by atoms with E-state index in [0.29, 0.717) is 10.7 Å². The van der Waals surface area contributed by atoms with Gasteiger partial charge in [-0.3, -0.25) is 4.79 Å². The summed E-state index contributed by atoms with van der Waals surface area (Å²) in [6.07, 6.45) is 0. The average molecular weight is 293 g/mol. The normalized spacial score (nSPS) is 10.3. The number of carboxylic acid groups (broad SMARTS) is 1. The minimum absolute atomic E-state index is 0.0446. The molecule has 1 amide bonds. The molecule has 2 N–H and O–H groups in total. The second-order valence-corrected chi connectivity index (χ2v) is 4.80. The first-order valence-corrected chi connectivity index (χ1v) is 6.24. The van der Waals surface area contributed by atoms with Crippen LogP contribution in [0.1, 0.15) is 26.5 Å². The predicted molar refractivity (Wildman–Crippen MR) is 76.5 cm³/mol.